The molecule has 2 N–H and O–H groups in total. The molecule has 4 nitrogen and oxygen atoms in total. The summed E-state index contributed by atoms with van der Waals surface area (Å²) >= 11 is 0. The second-order valence-corrected chi connectivity index (χ2v) is 7.51. The predicted molar refractivity (Wildman–Crippen MR) is 84.1 cm³/mol. The second kappa shape index (κ2) is 4.85. The number of aryl methyl sites for hydroxylation is 1. The number of hydrogen-bond donors (Lipinski definition) is 1. The maximum Gasteiger partial charge on any atom is 0.219 e. The van der Waals surface area contributed by atoms with Gasteiger partial charge in [0.25, 0.3) is 0 Å². The van der Waals surface area contributed by atoms with E-state index < -0.39 is 0 Å². The second-order valence-electron chi connectivity index (χ2n) is 7.51. The fourth-order valence-electron chi connectivity index (χ4n) is 4.34. The number of nitrogens with zero attached hydrogens (tertiary/aromatic N) is 2. The van der Waals surface area contributed by atoms with Crippen molar-refractivity contribution in [1.82, 2.24) is 9.97 Å². The topological polar surface area (TPSA) is 61.0 Å². The third kappa shape index (κ3) is 2.19. The Labute approximate surface area is 127 Å². The van der Waals surface area contributed by atoms with Crippen LogP contribution in [-0.2, 0) is 6.42 Å². The maximum absolute atomic E-state index is 6.28. The monoisotopic (exact) mass is 289 g/mol. The molecule has 1 heterocycles. The molecular formula is C17H27N3O. The molecule has 0 spiro atoms. The van der Waals surface area contributed by atoms with Crippen molar-refractivity contribution in [1.29, 1.82) is 0 Å². The average molecular weight is 289 g/mol. The first-order chi connectivity index (χ1) is 9.86. The Bertz CT molecular complexity index is 543. The Hall–Kier alpha value is -1.32. The van der Waals surface area contributed by atoms with E-state index in [9.17, 15) is 0 Å². The van der Waals surface area contributed by atoms with Crippen LogP contribution in [0.25, 0.3) is 0 Å². The molecule has 2 saturated carbocycles. The molecule has 21 heavy (non-hydrogen) atoms. The summed E-state index contributed by atoms with van der Waals surface area (Å²) in [5.74, 6) is 2.72. The Morgan fingerprint density at radius 2 is 2.10 bits per heavy atom. The first-order valence-electron chi connectivity index (χ1n) is 8.17. The molecule has 0 aromatic carbocycles. The van der Waals surface area contributed by atoms with Crippen molar-refractivity contribution in [3.05, 3.63) is 11.9 Å². The van der Waals surface area contributed by atoms with Crippen molar-refractivity contribution in [2.45, 2.75) is 65.9 Å². The van der Waals surface area contributed by atoms with Crippen molar-refractivity contribution >= 4 is 5.82 Å². The predicted octanol–water partition coefficient (Wildman–Crippen LogP) is 3.60. The summed E-state index contributed by atoms with van der Waals surface area (Å²) in [6, 6.07) is 1.77. The maximum atomic E-state index is 6.28. The van der Waals surface area contributed by atoms with Gasteiger partial charge in [-0.2, -0.15) is 4.98 Å². The van der Waals surface area contributed by atoms with E-state index >= 15 is 0 Å². The fourth-order valence-corrected chi connectivity index (χ4v) is 4.34. The van der Waals surface area contributed by atoms with Gasteiger partial charge in [-0.15, -0.1) is 0 Å². The zero-order valence-electron chi connectivity index (χ0n) is 13.6. The summed E-state index contributed by atoms with van der Waals surface area (Å²) in [7, 11) is 0. The highest BCUT2D eigenvalue weighted by Crippen LogP contribution is 2.66. The van der Waals surface area contributed by atoms with Gasteiger partial charge in [0.2, 0.25) is 5.88 Å². The van der Waals surface area contributed by atoms with Crippen LogP contribution in [0.4, 0.5) is 5.82 Å². The van der Waals surface area contributed by atoms with Gasteiger partial charge in [0.15, 0.2) is 0 Å². The number of fused-ring (bicyclic) bond motifs is 2. The van der Waals surface area contributed by atoms with Gasteiger partial charge in [-0.3, -0.25) is 0 Å². The van der Waals surface area contributed by atoms with Gasteiger partial charge < -0.3 is 10.5 Å². The molecule has 116 valence electrons. The van der Waals surface area contributed by atoms with Crippen LogP contribution in [0.2, 0.25) is 0 Å². The molecule has 0 aliphatic heterocycles. The molecule has 3 rings (SSSR count). The number of hydrogen-bond acceptors (Lipinski definition) is 4. The zero-order valence-corrected chi connectivity index (χ0v) is 13.6. The summed E-state index contributed by atoms with van der Waals surface area (Å²) in [5.41, 5.74) is 6.48. The van der Waals surface area contributed by atoms with E-state index in [0.717, 1.165) is 31.0 Å². The first-order valence-corrected chi connectivity index (χ1v) is 8.17. The molecule has 0 radical (unpaired) electrons. The Morgan fingerprint density at radius 3 is 2.67 bits per heavy atom. The van der Waals surface area contributed by atoms with Gasteiger partial charge in [0, 0.05) is 17.9 Å². The van der Waals surface area contributed by atoms with Crippen molar-refractivity contribution in [2.75, 3.05) is 5.73 Å². The number of rotatable bonds is 4. The van der Waals surface area contributed by atoms with Gasteiger partial charge in [-0.05, 0) is 37.0 Å². The summed E-state index contributed by atoms with van der Waals surface area (Å²) in [6.45, 7) is 9.28. The summed E-state index contributed by atoms with van der Waals surface area (Å²) in [4.78, 5) is 8.81. The lowest BCUT2D eigenvalue weighted by atomic mass is 9.70. The van der Waals surface area contributed by atoms with Crippen LogP contribution in [-0.4, -0.2) is 16.1 Å². The van der Waals surface area contributed by atoms with Gasteiger partial charge in [-0.25, -0.2) is 4.98 Å². The lowest BCUT2D eigenvalue weighted by Gasteiger charge is -2.38. The molecule has 1 aromatic heterocycles. The Kier molecular flexibility index (Phi) is 3.38. The van der Waals surface area contributed by atoms with E-state index in [0.29, 0.717) is 17.1 Å². The van der Waals surface area contributed by atoms with E-state index in [1.54, 1.807) is 6.07 Å². The average Bonchev–Trinajstić information content (AvgIpc) is 2.71. The standard InChI is InChI=1S/C17H27N3O/c1-5-6-14-19-13(18)10-15(20-14)21-12-9-11-7-8-17(12,4)16(11,2)3/h10-12H,5-9H2,1-4H3,(H2,18,19,20). The number of ether oxygens (including phenoxy) is 1. The van der Waals surface area contributed by atoms with Gasteiger partial charge >= 0.3 is 0 Å². The first kappa shape index (κ1) is 14.6. The van der Waals surface area contributed by atoms with Crippen molar-refractivity contribution in [2.24, 2.45) is 16.7 Å². The van der Waals surface area contributed by atoms with E-state index in [4.69, 9.17) is 10.5 Å². The van der Waals surface area contributed by atoms with E-state index in [1.165, 1.54) is 12.8 Å². The largest absolute Gasteiger partial charge is 0.474 e. The van der Waals surface area contributed by atoms with Crippen molar-refractivity contribution in [3.63, 3.8) is 0 Å². The Balaban J connectivity index is 1.82. The third-order valence-electron chi connectivity index (χ3n) is 6.22. The minimum Gasteiger partial charge on any atom is -0.474 e. The van der Waals surface area contributed by atoms with E-state index in [-0.39, 0.29) is 11.5 Å². The van der Waals surface area contributed by atoms with Crippen molar-refractivity contribution in [3.8, 4) is 5.88 Å². The minimum absolute atomic E-state index is 0.238. The molecule has 0 saturated heterocycles. The lowest BCUT2D eigenvalue weighted by Crippen LogP contribution is -2.39. The third-order valence-corrected chi connectivity index (χ3v) is 6.22. The molecule has 0 amide bonds. The van der Waals surface area contributed by atoms with Gasteiger partial charge in [0.1, 0.15) is 17.7 Å². The fraction of sp³-hybridized carbons (Fsp3) is 0.765. The normalized spacial score (nSPS) is 33.3. The number of nitrogen functional groups attached to an aromatic ring is 1. The zero-order chi connectivity index (χ0) is 15.3. The molecule has 3 atom stereocenters. The summed E-state index contributed by atoms with van der Waals surface area (Å²) in [6.07, 6.45) is 5.82. The number of aromatic nitrogens is 2. The SMILES string of the molecule is CCCc1nc(N)cc(OC2CC3CCC2(C)C3(C)C)n1. The highest BCUT2D eigenvalue weighted by atomic mass is 16.5. The number of anilines is 1. The molecule has 2 aliphatic carbocycles. The van der Waals surface area contributed by atoms with Crippen LogP contribution in [0.1, 0.15) is 59.2 Å². The quantitative estimate of drug-likeness (QED) is 0.920. The van der Waals surface area contributed by atoms with E-state index in [2.05, 4.69) is 37.7 Å². The smallest absolute Gasteiger partial charge is 0.219 e. The van der Waals surface area contributed by atoms with Crippen LogP contribution in [0, 0.1) is 16.7 Å². The minimum atomic E-state index is 0.238. The van der Waals surface area contributed by atoms with E-state index in [1.807, 2.05) is 0 Å². The molecule has 2 bridgehead atoms. The van der Waals surface area contributed by atoms with Crippen molar-refractivity contribution < 1.29 is 4.74 Å². The highest BCUT2D eigenvalue weighted by Gasteiger charge is 2.62. The molecular weight excluding hydrogens is 262 g/mol. The molecule has 2 aliphatic rings. The van der Waals surface area contributed by atoms with Crippen LogP contribution < -0.4 is 10.5 Å². The van der Waals surface area contributed by atoms with Crippen LogP contribution in [0.3, 0.4) is 0 Å². The highest BCUT2D eigenvalue weighted by molar-refractivity contribution is 5.33. The Morgan fingerprint density at radius 1 is 1.33 bits per heavy atom. The molecule has 1 aromatic rings. The van der Waals surface area contributed by atoms with Crippen LogP contribution in [0.5, 0.6) is 5.88 Å². The van der Waals surface area contributed by atoms with Gasteiger partial charge in [-0.1, -0.05) is 27.7 Å². The van der Waals surface area contributed by atoms with Crippen LogP contribution in [0.15, 0.2) is 6.07 Å². The summed E-state index contributed by atoms with van der Waals surface area (Å²) in [5, 5.41) is 0. The summed E-state index contributed by atoms with van der Waals surface area (Å²) < 4.78 is 6.28. The molecule has 3 unspecified atom stereocenters. The number of nitrogens with two attached hydrogens (primary N) is 1. The molecule has 2 fully saturated rings. The lowest BCUT2D eigenvalue weighted by molar-refractivity contribution is 0.0271. The molecule has 4 heteroatoms. The van der Waals surface area contributed by atoms with Crippen LogP contribution >= 0.6 is 0 Å². The van der Waals surface area contributed by atoms with Gasteiger partial charge in [0.05, 0.1) is 0 Å².